The maximum Gasteiger partial charge on any atom is 0.258 e. The van der Waals surface area contributed by atoms with Crippen molar-refractivity contribution in [2.45, 2.75) is 39.8 Å². The highest BCUT2D eigenvalue weighted by Gasteiger charge is 2.25. The van der Waals surface area contributed by atoms with Crippen LogP contribution in [0.15, 0.2) is 23.3 Å². The van der Waals surface area contributed by atoms with Crippen LogP contribution in [0.2, 0.25) is 12.1 Å². The molecule has 13 heavy (non-hydrogen) atoms. The van der Waals surface area contributed by atoms with E-state index in [4.69, 9.17) is 22.2 Å². The lowest BCUT2D eigenvalue weighted by Crippen LogP contribution is -2.16. The highest BCUT2D eigenvalue weighted by molar-refractivity contribution is 7.45. The maximum atomic E-state index is 6.24. The molecule has 0 saturated heterocycles. The smallest absolute Gasteiger partial charge is 0.145 e. The number of rotatable bonds is 4. The van der Waals surface area contributed by atoms with Gasteiger partial charge >= 0.3 is 0 Å². The minimum atomic E-state index is -2.04. The standard InChI is InChI=1S/C10H18Cl2Si/c1-9(2)5-7-13(11,12)8-6-10(3)4/h5-6H,7-8H2,1-4H3. The van der Waals surface area contributed by atoms with E-state index in [1.54, 1.807) is 0 Å². The van der Waals surface area contributed by atoms with Crippen LogP contribution in [0.25, 0.3) is 0 Å². The van der Waals surface area contributed by atoms with E-state index in [1.165, 1.54) is 11.1 Å². The van der Waals surface area contributed by atoms with Gasteiger partial charge in [-0.15, -0.1) is 22.2 Å². The van der Waals surface area contributed by atoms with Gasteiger partial charge in [0.2, 0.25) is 0 Å². The molecule has 0 aromatic rings. The van der Waals surface area contributed by atoms with Gasteiger partial charge < -0.3 is 0 Å². The summed E-state index contributed by atoms with van der Waals surface area (Å²) in [4.78, 5) is 0. The summed E-state index contributed by atoms with van der Waals surface area (Å²) in [5.74, 6) is 0. The SMILES string of the molecule is CC(C)=CC[Si](Cl)(Cl)CC=C(C)C. The molecule has 0 heterocycles. The molecule has 0 aromatic carbocycles. The maximum absolute atomic E-state index is 6.24. The summed E-state index contributed by atoms with van der Waals surface area (Å²) in [5.41, 5.74) is 2.57. The Hall–Kier alpha value is 0.277. The van der Waals surface area contributed by atoms with Crippen LogP contribution < -0.4 is 0 Å². The normalized spacial score (nSPS) is 10.9. The lowest BCUT2D eigenvalue weighted by atomic mass is 10.3. The summed E-state index contributed by atoms with van der Waals surface area (Å²) in [5, 5.41) is 0. The molecule has 0 amide bonds. The third-order valence-corrected chi connectivity index (χ3v) is 5.07. The summed E-state index contributed by atoms with van der Waals surface area (Å²) < 4.78 is 0. The fourth-order valence-electron chi connectivity index (χ4n) is 0.790. The van der Waals surface area contributed by atoms with Gasteiger partial charge in [-0.3, -0.25) is 0 Å². The molecule has 0 aliphatic rings. The molecule has 0 aromatic heterocycles. The summed E-state index contributed by atoms with van der Waals surface area (Å²) in [6.45, 7) is 6.24. The third-order valence-electron chi connectivity index (χ3n) is 1.62. The van der Waals surface area contributed by atoms with Crippen molar-refractivity contribution in [1.29, 1.82) is 0 Å². The zero-order valence-corrected chi connectivity index (χ0v) is 11.3. The van der Waals surface area contributed by atoms with Crippen LogP contribution in [-0.4, -0.2) is 6.69 Å². The van der Waals surface area contributed by atoms with Crippen molar-refractivity contribution in [3.8, 4) is 0 Å². The van der Waals surface area contributed by atoms with Crippen LogP contribution in [0.3, 0.4) is 0 Å². The molecule has 0 saturated carbocycles. The van der Waals surface area contributed by atoms with Crippen LogP contribution in [-0.2, 0) is 0 Å². The van der Waals surface area contributed by atoms with Gasteiger partial charge in [-0.05, 0) is 39.8 Å². The molecule has 0 N–H and O–H groups in total. The van der Waals surface area contributed by atoms with Gasteiger partial charge in [0.1, 0.15) is 0 Å². The minimum absolute atomic E-state index is 0.849. The number of hydrogen-bond donors (Lipinski definition) is 0. The van der Waals surface area contributed by atoms with Crippen molar-refractivity contribution in [1.82, 2.24) is 0 Å². The largest absolute Gasteiger partial charge is 0.258 e. The minimum Gasteiger partial charge on any atom is -0.145 e. The van der Waals surface area contributed by atoms with Gasteiger partial charge in [-0.25, -0.2) is 0 Å². The van der Waals surface area contributed by atoms with Gasteiger partial charge in [0.15, 0.2) is 0 Å². The molecule has 3 heteroatoms. The van der Waals surface area contributed by atoms with Crippen molar-refractivity contribution in [2.24, 2.45) is 0 Å². The summed E-state index contributed by atoms with van der Waals surface area (Å²) in [6, 6.07) is 1.70. The zero-order chi connectivity index (χ0) is 10.5. The van der Waals surface area contributed by atoms with Crippen molar-refractivity contribution >= 4 is 28.9 Å². The molecule has 0 bridgehead atoms. The van der Waals surface area contributed by atoms with E-state index in [-0.39, 0.29) is 0 Å². The van der Waals surface area contributed by atoms with Gasteiger partial charge in [-0.1, -0.05) is 23.3 Å². The second-order valence-electron chi connectivity index (χ2n) is 3.83. The summed E-state index contributed by atoms with van der Waals surface area (Å²) in [7, 11) is 0. The molecule has 0 aliphatic heterocycles. The molecule has 0 fully saturated rings. The van der Waals surface area contributed by atoms with E-state index in [0.29, 0.717) is 0 Å². The van der Waals surface area contributed by atoms with E-state index < -0.39 is 6.69 Å². The van der Waals surface area contributed by atoms with Gasteiger partial charge in [-0.2, -0.15) is 0 Å². The first kappa shape index (κ1) is 13.3. The van der Waals surface area contributed by atoms with Crippen LogP contribution in [0, 0.1) is 0 Å². The molecule has 0 nitrogen and oxygen atoms in total. The Morgan fingerprint density at radius 1 is 0.923 bits per heavy atom. The first-order valence-corrected chi connectivity index (χ1v) is 8.92. The van der Waals surface area contributed by atoms with Crippen molar-refractivity contribution < 1.29 is 0 Å². The lowest BCUT2D eigenvalue weighted by molar-refractivity contribution is 1.33. The average molecular weight is 237 g/mol. The van der Waals surface area contributed by atoms with E-state index in [2.05, 4.69) is 39.8 Å². The molecule has 76 valence electrons. The molecule has 0 rings (SSSR count). The predicted molar refractivity (Wildman–Crippen MR) is 65.9 cm³/mol. The molecule has 0 atom stereocenters. The first-order chi connectivity index (χ1) is 5.83. The highest BCUT2D eigenvalue weighted by atomic mass is 35.7. The molecule has 0 radical (unpaired) electrons. The molecular formula is C10H18Cl2Si. The summed E-state index contributed by atoms with van der Waals surface area (Å²) >= 11 is 12.5. The second kappa shape index (κ2) is 5.89. The highest BCUT2D eigenvalue weighted by Crippen LogP contribution is 2.27. The summed E-state index contributed by atoms with van der Waals surface area (Å²) in [6.07, 6.45) is 4.26. The zero-order valence-electron chi connectivity index (χ0n) is 8.82. The van der Waals surface area contributed by atoms with Crippen LogP contribution >= 0.6 is 22.2 Å². The van der Waals surface area contributed by atoms with E-state index in [0.717, 1.165) is 12.1 Å². The Morgan fingerprint density at radius 2 is 1.23 bits per heavy atom. The Kier molecular flexibility index (Phi) is 6.02. The van der Waals surface area contributed by atoms with E-state index in [9.17, 15) is 0 Å². The van der Waals surface area contributed by atoms with E-state index in [1.807, 2.05) is 0 Å². The Balaban J connectivity index is 4.09. The fraction of sp³-hybridized carbons (Fsp3) is 0.600. The number of halogens is 2. The lowest BCUT2D eigenvalue weighted by Gasteiger charge is -2.12. The predicted octanol–water partition coefficient (Wildman–Crippen LogP) is 4.84. The van der Waals surface area contributed by atoms with Crippen molar-refractivity contribution in [3.63, 3.8) is 0 Å². The molecule has 0 spiro atoms. The first-order valence-electron chi connectivity index (χ1n) is 4.48. The van der Waals surface area contributed by atoms with Gasteiger partial charge in [0.05, 0.1) is 0 Å². The number of allylic oxidation sites excluding steroid dienone is 4. The average Bonchev–Trinajstić information content (AvgIpc) is 1.98. The van der Waals surface area contributed by atoms with Crippen LogP contribution in [0.5, 0.6) is 0 Å². The monoisotopic (exact) mass is 236 g/mol. The fourth-order valence-corrected chi connectivity index (χ4v) is 3.30. The Labute approximate surface area is 92.0 Å². The van der Waals surface area contributed by atoms with Crippen LogP contribution in [0.1, 0.15) is 27.7 Å². The third kappa shape index (κ3) is 8.60. The van der Waals surface area contributed by atoms with Crippen LogP contribution in [0.4, 0.5) is 0 Å². The van der Waals surface area contributed by atoms with Gasteiger partial charge in [0, 0.05) is 0 Å². The number of hydrogen-bond acceptors (Lipinski definition) is 0. The topological polar surface area (TPSA) is 0 Å². The quantitative estimate of drug-likeness (QED) is 0.373. The van der Waals surface area contributed by atoms with Crippen molar-refractivity contribution in [2.75, 3.05) is 0 Å². The van der Waals surface area contributed by atoms with E-state index >= 15 is 0 Å². The molecule has 0 aliphatic carbocycles. The second-order valence-corrected chi connectivity index (χ2v) is 11.3. The Morgan fingerprint density at radius 3 is 1.46 bits per heavy atom. The molecule has 0 unspecified atom stereocenters. The van der Waals surface area contributed by atoms with Crippen molar-refractivity contribution in [3.05, 3.63) is 23.3 Å². The molecular weight excluding hydrogens is 219 g/mol. The van der Waals surface area contributed by atoms with Gasteiger partial charge in [0.25, 0.3) is 6.69 Å². The Bertz CT molecular complexity index is 187.